The third-order valence-electron chi connectivity index (χ3n) is 3.33. The van der Waals surface area contributed by atoms with E-state index < -0.39 is 23.1 Å². The van der Waals surface area contributed by atoms with Gasteiger partial charge in [0.1, 0.15) is 5.60 Å². The van der Waals surface area contributed by atoms with Crippen LogP contribution in [0.5, 0.6) is 0 Å². The van der Waals surface area contributed by atoms with Gasteiger partial charge in [-0.2, -0.15) is 0 Å². The molecule has 3 atom stereocenters. The average molecular weight is 227 g/mol. The van der Waals surface area contributed by atoms with Gasteiger partial charge in [-0.15, -0.1) is 0 Å². The first-order valence-corrected chi connectivity index (χ1v) is 5.47. The summed E-state index contributed by atoms with van der Waals surface area (Å²) < 4.78 is 5.11. The first-order chi connectivity index (χ1) is 7.24. The van der Waals surface area contributed by atoms with Crippen LogP contribution in [0.25, 0.3) is 0 Å². The fourth-order valence-corrected chi connectivity index (χ4v) is 2.41. The summed E-state index contributed by atoms with van der Waals surface area (Å²) in [7, 11) is 0. The van der Waals surface area contributed by atoms with E-state index in [9.17, 15) is 9.59 Å². The number of carboxylic acids is 1. The molecule has 0 heterocycles. The fourth-order valence-electron chi connectivity index (χ4n) is 2.41. The summed E-state index contributed by atoms with van der Waals surface area (Å²) in [6.07, 6.45) is 0.762. The van der Waals surface area contributed by atoms with Gasteiger partial charge in [0.05, 0.1) is 5.41 Å². The van der Waals surface area contributed by atoms with E-state index >= 15 is 0 Å². The van der Waals surface area contributed by atoms with E-state index in [-0.39, 0.29) is 12.0 Å². The number of aliphatic carboxylic acids is 1. The molecule has 0 aromatic heterocycles. The van der Waals surface area contributed by atoms with E-state index in [2.05, 4.69) is 5.32 Å². The molecule has 0 radical (unpaired) electrons. The quantitative estimate of drug-likeness (QED) is 0.747. The highest BCUT2D eigenvalue weighted by Gasteiger charge is 2.72. The molecule has 0 unspecified atom stereocenters. The Balaban J connectivity index is 1.79. The van der Waals surface area contributed by atoms with Crippen molar-refractivity contribution in [1.29, 1.82) is 0 Å². The molecule has 0 bridgehead atoms. The summed E-state index contributed by atoms with van der Waals surface area (Å²) in [6, 6.07) is -0.0223. The monoisotopic (exact) mass is 227 g/mol. The van der Waals surface area contributed by atoms with Gasteiger partial charge >= 0.3 is 12.1 Å². The van der Waals surface area contributed by atoms with Crippen LogP contribution in [-0.2, 0) is 9.53 Å². The van der Waals surface area contributed by atoms with Crippen LogP contribution in [0.3, 0.4) is 0 Å². The number of hydrogen-bond donors (Lipinski definition) is 2. The highest BCUT2D eigenvalue weighted by Crippen LogP contribution is 2.67. The Labute approximate surface area is 94.2 Å². The van der Waals surface area contributed by atoms with E-state index in [1.54, 1.807) is 20.8 Å². The lowest BCUT2D eigenvalue weighted by molar-refractivity contribution is -0.147. The van der Waals surface area contributed by atoms with E-state index in [0.717, 1.165) is 0 Å². The van der Waals surface area contributed by atoms with Gasteiger partial charge in [-0.1, -0.05) is 0 Å². The van der Waals surface area contributed by atoms with Gasteiger partial charge in [-0.05, 0) is 39.5 Å². The standard InChI is InChI=1S/C11H17NO4/c1-10(2,3)16-9(15)12-7-5-11(8(13)14)4-6(7)11/h6-7H,4-5H2,1-3H3,(H,12,15)(H,13,14)/t6-,7+,11-/m0/s1. The molecule has 0 saturated heterocycles. The second-order valence-electron chi connectivity index (χ2n) is 5.73. The molecular formula is C11H17NO4. The first-order valence-electron chi connectivity index (χ1n) is 5.47. The highest BCUT2D eigenvalue weighted by molar-refractivity contribution is 5.82. The summed E-state index contributed by atoms with van der Waals surface area (Å²) in [5, 5.41) is 11.6. The summed E-state index contributed by atoms with van der Waals surface area (Å²) in [4.78, 5) is 22.3. The summed E-state index contributed by atoms with van der Waals surface area (Å²) in [5.74, 6) is -0.628. The van der Waals surface area contributed by atoms with Crippen molar-refractivity contribution in [1.82, 2.24) is 5.32 Å². The number of fused-ring (bicyclic) bond motifs is 1. The zero-order chi connectivity index (χ0) is 12.1. The van der Waals surface area contributed by atoms with Crippen LogP contribution < -0.4 is 5.32 Å². The Morgan fingerprint density at radius 3 is 2.38 bits per heavy atom. The molecule has 90 valence electrons. The molecule has 2 rings (SSSR count). The van der Waals surface area contributed by atoms with Gasteiger partial charge in [-0.3, -0.25) is 4.79 Å². The number of ether oxygens (including phenoxy) is 1. The van der Waals surface area contributed by atoms with E-state index in [1.165, 1.54) is 0 Å². The Morgan fingerprint density at radius 1 is 1.38 bits per heavy atom. The number of alkyl carbamates (subject to hydrolysis) is 1. The molecule has 2 N–H and O–H groups in total. The van der Waals surface area contributed by atoms with Gasteiger partial charge < -0.3 is 15.2 Å². The lowest BCUT2D eigenvalue weighted by Crippen LogP contribution is -2.49. The van der Waals surface area contributed by atoms with Crippen LogP contribution in [-0.4, -0.2) is 28.8 Å². The molecule has 5 nitrogen and oxygen atoms in total. The number of hydrogen-bond acceptors (Lipinski definition) is 3. The van der Waals surface area contributed by atoms with Crippen molar-refractivity contribution in [3.63, 3.8) is 0 Å². The van der Waals surface area contributed by atoms with Crippen LogP contribution >= 0.6 is 0 Å². The molecule has 0 spiro atoms. The molecule has 0 aromatic carbocycles. The summed E-state index contributed by atoms with van der Waals surface area (Å²) in [6.45, 7) is 5.39. The van der Waals surface area contributed by atoms with Gasteiger partial charge in [0.2, 0.25) is 0 Å². The van der Waals surface area contributed by atoms with Crippen molar-refractivity contribution in [2.45, 2.75) is 45.3 Å². The van der Waals surface area contributed by atoms with Crippen LogP contribution in [0, 0.1) is 11.3 Å². The molecule has 2 aliphatic rings. The highest BCUT2D eigenvalue weighted by atomic mass is 16.6. The number of nitrogens with one attached hydrogen (secondary N) is 1. The minimum atomic E-state index is -0.736. The normalized spacial score (nSPS) is 35.7. The van der Waals surface area contributed by atoms with Gasteiger partial charge in [0.15, 0.2) is 0 Å². The van der Waals surface area contributed by atoms with Crippen LogP contribution in [0.15, 0.2) is 0 Å². The number of carbonyl (C=O) groups excluding carboxylic acids is 1. The van der Waals surface area contributed by atoms with Gasteiger partial charge in [0.25, 0.3) is 0 Å². The Bertz CT molecular complexity index is 346. The minimum Gasteiger partial charge on any atom is -0.481 e. The molecule has 0 aromatic rings. The molecule has 2 fully saturated rings. The van der Waals surface area contributed by atoms with Crippen molar-refractivity contribution in [3.8, 4) is 0 Å². The van der Waals surface area contributed by atoms with E-state index in [0.29, 0.717) is 12.8 Å². The number of amides is 1. The topological polar surface area (TPSA) is 75.6 Å². The predicted molar refractivity (Wildman–Crippen MR) is 56.0 cm³/mol. The van der Waals surface area contributed by atoms with Crippen molar-refractivity contribution in [3.05, 3.63) is 0 Å². The maximum absolute atomic E-state index is 11.4. The molecular weight excluding hydrogens is 210 g/mol. The lowest BCUT2D eigenvalue weighted by Gasteiger charge is -2.32. The second-order valence-corrected chi connectivity index (χ2v) is 5.73. The lowest BCUT2D eigenvalue weighted by atomic mass is 9.80. The summed E-state index contributed by atoms with van der Waals surface area (Å²) in [5.41, 5.74) is -1.04. The Kier molecular flexibility index (Phi) is 2.19. The molecule has 2 saturated carbocycles. The predicted octanol–water partition coefficient (Wildman–Crippen LogP) is 1.37. The molecule has 5 heteroatoms. The van der Waals surface area contributed by atoms with E-state index in [4.69, 9.17) is 9.84 Å². The van der Waals surface area contributed by atoms with Crippen molar-refractivity contribution in [2.75, 3.05) is 0 Å². The van der Waals surface area contributed by atoms with Gasteiger partial charge in [0, 0.05) is 6.04 Å². The average Bonchev–Trinajstić information content (AvgIpc) is 2.65. The van der Waals surface area contributed by atoms with Crippen molar-refractivity contribution >= 4 is 12.1 Å². The van der Waals surface area contributed by atoms with Gasteiger partial charge in [-0.25, -0.2) is 4.79 Å². The maximum Gasteiger partial charge on any atom is 0.407 e. The zero-order valence-electron chi connectivity index (χ0n) is 9.74. The molecule has 16 heavy (non-hydrogen) atoms. The zero-order valence-corrected chi connectivity index (χ0v) is 9.74. The third-order valence-corrected chi connectivity index (χ3v) is 3.33. The van der Waals surface area contributed by atoms with Crippen molar-refractivity contribution < 1.29 is 19.4 Å². The first kappa shape index (κ1) is 11.2. The number of carbonyl (C=O) groups is 2. The van der Waals surface area contributed by atoms with Crippen LogP contribution in [0.2, 0.25) is 0 Å². The molecule has 2 aliphatic carbocycles. The summed E-state index contributed by atoms with van der Waals surface area (Å²) >= 11 is 0. The molecule has 0 aliphatic heterocycles. The van der Waals surface area contributed by atoms with Crippen LogP contribution in [0.4, 0.5) is 4.79 Å². The number of rotatable bonds is 2. The third kappa shape index (κ3) is 1.74. The Morgan fingerprint density at radius 2 is 2.00 bits per heavy atom. The smallest absolute Gasteiger partial charge is 0.407 e. The maximum atomic E-state index is 11.4. The second kappa shape index (κ2) is 3.12. The van der Waals surface area contributed by atoms with E-state index in [1.807, 2.05) is 0 Å². The Hall–Kier alpha value is -1.26. The van der Waals surface area contributed by atoms with Crippen molar-refractivity contribution in [2.24, 2.45) is 11.3 Å². The largest absolute Gasteiger partial charge is 0.481 e. The van der Waals surface area contributed by atoms with Crippen LogP contribution in [0.1, 0.15) is 33.6 Å². The number of carboxylic acid groups (broad SMARTS) is 1. The minimum absolute atomic E-state index is 0.0223. The molecule has 1 amide bonds. The SMILES string of the molecule is CC(C)(C)OC(=O)N[C@@H]1C[C@@]2(C(=O)O)C[C@@H]12. The fraction of sp³-hybridized carbons (Fsp3) is 0.818.